The molecule has 0 unspecified atom stereocenters. The first-order valence-corrected chi connectivity index (χ1v) is 6.66. The van der Waals surface area contributed by atoms with Crippen molar-refractivity contribution in [2.24, 2.45) is 0 Å². The van der Waals surface area contributed by atoms with E-state index in [1.54, 1.807) is 0 Å². The lowest BCUT2D eigenvalue weighted by Crippen LogP contribution is -2.28. The molecule has 5 nitrogen and oxygen atoms in total. The van der Waals surface area contributed by atoms with Crippen LogP contribution in [0.15, 0.2) is 4.79 Å². The second-order valence-corrected chi connectivity index (χ2v) is 5.59. The van der Waals surface area contributed by atoms with Crippen LogP contribution in [0.4, 0.5) is 5.95 Å². The molecule has 0 aromatic carbocycles. The molecular formula is C13H24N4O. The van der Waals surface area contributed by atoms with Crippen LogP contribution in [0.2, 0.25) is 0 Å². The fourth-order valence-electron chi connectivity index (χ4n) is 1.67. The third kappa shape index (κ3) is 4.47. The molecule has 0 spiro atoms. The first kappa shape index (κ1) is 14.7. The van der Waals surface area contributed by atoms with Crippen LogP contribution in [0.25, 0.3) is 0 Å². The smallest absolute Gasteiger partial charge is 0.274 e. The molecule has 0 amide bonds. The number of unbranched alkanes of at least 4 members (excludes halogenated alkanes) is 3. The number of anilines is 1. The van der Waals surface area contributed by atoms with E-state index in [-0.39, 0.29) is 11.0 Å². The predicted molar refractivity (Wildman–Crippen MR) is 74.0 cm³/mol. The largest absolute Gasteiger partial charge is 0.354 e. The van der Waals surface area contributed by atoms with Crippen LogP contribution < -0.4 is 10.9 Å². The summed E-state index contributed by atoms with van der Waals surface area (Å²) in [5.41, 5.74) is 0.0350. The molecule has 0 atom stereocenters. The third-order valence-corrected chi connectivity index (χ3v) is 2.73. The molecule has 0 aliphatic carbocycles. The van der Waals surface area contributed by atoms with Crippen LogP contribution in [0.1, 0.15) is 59.1 Å². The fourth-order valence-corrected chi connectivity index (χ4v) is 1.67. The van der Waals surface area contributed by atoms with Crippen molar-refractivity contribution in [1.29, 1.82) is 0 Å². The van der Waals surface area contributed by atoms with Gasteiger partial charge in [-0.1, -0.05) is 47.0 Å². The average molecular weight is 252 g/mol. The van der Waals surface area contributed by atoms with Crippen LogP contribution in [-0.2, 0) is 5.41 Å². The van der Waals surface area contributed by atoms with Crippen LogP contribution >= 0.6 is 0 Å². The first-order valence-electron chi connectivity index (χ1n) is 6.66. The highest BCUT2D eigenvalue weighted by atomic mass is 16.1. The lowest BCUT2D eigenvalue weighted by Gasteiger charge is -2.15. The van der Waals surface area contributed by atoms with E-state index in [4.69, 9.17) is 0 Å². The molecular weight excluding hydrogens is 228 g/mol. The molecule has 0 saturated carbocycles. The highest BCUT2D eigenvalue weighted by Crippen LogP contribution is 2.15. The summed E-state index contributed by atoms with van der Waals surface area (Å²) in [6, 6.07) is 0. The predicted octanol–water partition coefficient (Wildman–Crippen LogP) is 2.45. The molecule has 0 saturated heterocycles. The van der Waals surface area contributed by atoms with E-state index in [0.29, 0.717) is 11.6 Å². The maximum Gasteiger partial charge on any atom is 0.274 e. The number of nitrogens with one attached hydrogen (secondary N) is 2. The number of nitrogens with zero attached hydrogens (tertiary/aromatic N) is 2. The molecule has 5 heteroatoms. The first-order chi connectivity index (χ1) is 8.45. The summed E-state index contributed by atoms with van der Waals surface area (Å²) < 4.78 is 0. The minimum atomic E-state index is -0.278. The maximum absolute atomic E-state index is 11.8. The summed E-state index contributed by atoms with van der Waals surface area (Å²) in [5, 5.41) is 11.1. The average Bonchev–Trinajstić information content (AvgIpc) is 2.27. The van der Waals surface area contributed by atoms with Gasteiger partial charge < -0.3 is 5.32 Å². The monoisotopic (exact) mass is 252 g/mol. The van der Waals surface area contributed by atoms with Crippen LogP contribution in [0, 0.1) is 0 Å². The van der Waals surface area contributed by atoms with Gasteiger partial charge in [0.25, 0.3) is 5.56 Å². The van der Waals surface area contributed by atoms with Gasteiger partial charge in [-0.05, 0) is 6.42 Å². The van der Waals surface area contributed by atoms with Crippen LogP contribution in [0.3, 0.4) is 0 Å². The second-order valence-electron chi connectivity index (χ2n) is 5.59. The highest BCUT2D eigenvalue weighted by molar-refractivity contribution is 5.22. The summed E-state index contributed by atoms with van der Waals surface area (Å²) >= 11 is 0. The molecule has 1 aromatic rings. The Bertz CT molecular complexity index is 420. The Labute approximate surface area is 108 Å². The van der Waals surface area contributed by atoms with Gasteiger partial charge in [0.15, 0.2) is 0 Å². The van der Waals surface area contributed by atoms with Crippen molar-refractivity contribution < 1.29 is 0 Å². The molecule has 18 heavy (non-hydrogen) atoms. The van der Waals surface area contributed by atoms with Gasteiger partial charge in [0.2, 0.25) is 5.95 Å². The van der Waals surface area contributed by atoms with E-state index in [0.717, 1.165) is 13.0 Å². The van der Waals surface area contributed by atoms with Gasteiger partial charge in [0.05, 0.1) is 0 Å². The van der Waals surface area contributed by atoms with Gasteiger partial charge in [-0.15, -0.1) is 10.2 Å². The summed E-state index contributed by atoms with van der Waals surface area (Å²) in [6.45, 7) is 8.85. The highest BCUT2D eigenvalue weighted by Gasteiger charge is 2.20. The van der Waals surface area contributed by atoms with Crippen molar-refractivity contribution in [2.45, 2.75) is 58.8 Å². The Balaban J connectivity index is 2.55. The minimum absolute atomic E-state index is 0.159. The number of rotatable bonds is 6. The number of hydrogen-bond donors (Lipinski definition) is 2. The van der Waals surface area contributed by atoms with Gasteiger partial charge in [-0.2, -0.15) is 0 Å². The number of hydrogen-bond acceptors (Lipinski definition) is 4. The fraction of sp³-hybridized carbons (Fsp3) is 0.769. The van der Waals surface area contributed by atoms with Crippen LogP contribution in [-0.4, -0.2) is 21.7 Å². The van der Waals surface area contributed by atoms with Crippen molar-refractivity contribution in [3.05, 3.63) is 16.0 Å². The van der Waals surface area contributed by atoms with Gasteiger partial charge in [0, 0.05) is 12.0 Å². The molecule has 1 aromatic heterocycles. The second kappa shape index (κ2) is 6.52. The van der Waals surface area contributed by atoms with Crippen molar-refractivity contribution in [3.8, 4) is 0 Å². The lowest BCUT2D eigenvalue weighted by atomic mass is 9.93. The normalized spacial score (nSPS) is 11.6. The van der Waals surface area contributed by atoms with Crippen molar-refractivity contribution in [1.82, 2.24) is 15.2 Å². The van der Waals surface area contributed by atoms with E-state index in [1.807, 2.05) is 20.8 Å². The molecule has 0 aliphatic rings. The Hall–Kier alpha value is -1.39. The van der Waals surface area contributed by atoms with Gasteiger partial charge >= 0.3 is 0 Å². The Morgan fingerprint density at radius 1 is 1.17 bits per heavy atom. The molecule has 0 aliphatic heterocycles. The number of H-pyrrole nitrogens is 1. The van der Waals surface area contributed by atoms with E-state index in [1.165, 1.54) is 19.3 Å². The van der Waals surface area contributed by atoms with Gasteiger partial charge in [-0.3, -0.25) is 9.78 Å². The SMILES string of the molecule is CCCCCCNc1nnc(C(C)(C)C)c(=O)[nH]1. The van der Waals surface area contributed by atoms with Gasteiger partial charge in [0.1, 0.15) is 5.69 Å². The molecule has 0 fully saturated rings. The zero-order chi connectivity index (χ0) is 13.6. The number of aromatic nitrogens is 3. The summed E-state index contributed by atoms with van der Waals surface area (Å²) in [6.07, 6.45) is 4.74. The molecule has 1 heterocycles. The van der Waals surface area contributed by atoms with E-state index < -0.39 is 0 Å². The van der Waals surface area contributed by atoms with E-state index in [9.17, 15) is 4.79 Å². The quantitative estimate of drug-likeness (QED) is 0.763. The molecule has 102 valence electrons. The Morgan fingerprint density at radius 2 is 1.89 bits per heavy atom. The van der Waals surface area contributed by atoms with E-state index in [2.05, 4.69) is 27.4 Å². The van der Waals surface area contributed by atoms with Crippen LogP contribution in [0.5, 0.6) is 0 Å². The topological polar surface area (TPSA) is 70.7 Å². The Kier molecular flexibility index (Phi) is 5.31. The minimum Gasteiger partial charge on any atom is -0.354 e. The maximum atomic E-state index is 11.8. The lowest BCUT2D eigenvalue weighted by molar-refractivity contribution is 0.546. The summed E-state index contributed by atoms with van der Waals surface area (Å²) in [4.78, 5) is 14.6. The number of aromatic amines is 1. The molecule has 0 radical (unpaired) electrons. The molecule has 1 rings (SSSR count). The summed E-state index contributed by atoms with van der Waals surface area (Å²) in [7, 11) is 0. The van der Waals surface area contributed by atoms with Crippen molar-refractivity contribution in [2.75, 3.05) is 11.9 Å². The van der Waals surface area contributed by atoms with Crippen molar-refractivity contribution in [3.63, 3.8) is 0 Å². The zero-order valence-corrected chi connectivity index (χ0v) is 11.8. The molecule has 0 bridgehead atoms. The van der Waals surface area contributed by atoms with Gasteiger partial charge in [-0.25, -0.2) is 0 Å². The standard InChI is InChI=1S/C13H24N4O/c1-5-6-7-8-9-14-12-15-11(18)10(16-17-12)13(2,3)4/h5-9H2,1-4H3,(H2,14,15,17,18). The third-order valence-electron chi connectivity index (χ3n) is 2.73. The zero-order valence-electron chi connectivity index (χ0n) is 11.8. The van der Waals surface area contributed by atoms with E-state index >= 15 is 0 Å². The molecule has 2 N–H and O–H groups in total. The summed E-state index contributed by atoms with van der Waals surface area (Å²) in [5.74, 6) is 0.462. The van der Waals surface area contributed by atoms with Crippen molar-refractivity contribution >= 4 is 5.95 Å². The Morgan fingerprint density at radius 3 is 2.44 bits per heavy atom.